The first kappa shape index (κ1) is 20.0. The van der Waals surface area contributed by atoms with Crippen LogP contribution < -0.4 is 10.6 Å². The Morgan fingerprint density at radius 1 is 1.00 bits per heavy atom. The molecule has 2 amide bonds. The Bertz CT molecular complexity index is 554. The summed E-state index contributed by atoms with van der Waals surface area (Å²) in [5.41, 5.74) is -0.162. The third kappa shape index (κ3) is 4.49. The van der Waals surface area contributed by atoms with Crippen molar-refractivity contribution in [1.82, 2.24) is 10.6 Å². The summed E-state index contributed by atoms with van der Waals surface area (Å²) in [6.45, 7) is 5.12. The maximum absolute atomic E-state index is 13.0. The molecule has 0 heterocycles. The molecular weight excluding hydrogens is 352 g/mol. The number of ether oxygens (including phenoxy) is 1. The van der Waals surface area contributed by atoms with Crippen molar-refractivity contribution in [3.63, 3.8) is 0 Å². The smallest absolute Gasteiger partial charge is 0.407 e. The standard InChI is InChI=1S/C23H38N2O3/c1-15(2)13-24-22(27)28-14-23(5-3-4-6-23)12-20(26)25-21-18-8-16-7-17(10-18)11-19(21)9-16/h15-19,21H,3-14H2,1-2H3,(H,24,27)(H,25,26). The van der Waals surface area contributed by atoms with Crippen LogP contribution in [0.5, 0.6) is 0 Å². The molecule has 0 aromatic heterocycles. The minimum absolute atomic E-state index is 0.162. The number of nitrogens with one attached hydrogen (secondary N) is 2. The summed E-state index contributed by atoms with van der Waals surface area (Å²) in [6.07, 6.45) is 11.1. The van der Waals surface area contributed by atoms with E-state index in [-0.39, 0.29) is 17.4 Å². The van der Waals surface area contributed by atoms with E-state index in [0.29, 0.717) is 43.4 Å². The van der Waals surface area contributed by atoms with Crippen LogP contribution in [0.1, 0.15) is 78.1 Å². The average Bonchev–Trinajstić information content (AvgIpc) is 3.09. The lowest BCUT2D eigenvalue weighted by Crippen LogP contribution is -2.56. The van der Waals surface area contributed by atoms with Crippen LogP contribution in [-0.2, 0) is 9.53 Å². The van der Waals surface area contributed by atoms with Crippen LogP contribution >= 0.6 is 0 Å². The van der Waals surface area contributed by atoms with Gasteiger partial charge in [0.2, 0.25) is 5.91 Å². The molecular formula is C23H38N2O3. The first-order valence-electron chi connectivity index (χ1n) is 11.6. The van der Waals surface area contributed by atoms with Crippen molar-refractivity contribution in [2.45, 2.75) is 84.1 Å². The maximum Gasteiger partial charge on any atom is 0.407 e. The normalized spacial score (nSPS) is 35.2. The van der Waals surface area contributed by atoms with Gasteiger partial charge in [-0.1, -0.05) is 26.7 Å². The van der Waals surface area contributed by atoms with Crippen molar-refractivity contribution >= 4 is 12.0 Å². The minimum Gasteiger partial charge on any atom is -0.449 e. The fourth-order valence-electron chi connectivity index (χ4n) is 6.79. The van der Waals surface area contributed by atoms with Crippen molar-refractivity contribution in [3.8, 4) is 0 Å². The van der Waals surface area contributed by atoms with Crippen LogP contribution in [0.4, 0.5) is 4.79 Å². The number of amides is 2. The number of alkyl carbamates (subject to hydrolysis) is 1. The SMILES string of the molecule is CC(C)CNC(=O)OCC1(CC(=O)NC2C3CC4CC(C3)CC2C4)CCCC1. The van der Waals surface area contributed by atoms with Crippen molar-refractivity contribution in [3.05, 3.63) is 0 Å². The molecule has 0 saturated heterocycles. The van der Waals surface area contributed by atoms with Crippen LogP contribution in [0.15, 0.2) is 0 Å². The van der Waals surface area contributed by atoms with E-state index < -0.39 is 0 Å². The van der Waals surface area contributed by atoms with Crippen molar-refractivity contribution in [2.24, 2.45) is 35.0 Å². The molecule has 0 spiro atoms. The first-order valence-corrected chi connectivity index (χ1v) is 11.6. The van der Waals surface area contributed by atoms with Gasteiger partial charge in [0, 0.05) is 24.4 Å². The van der Waals surface area contributed by atoms with Gasteiger partial charge in [0.15, 0.2) is 0 Å². The Morgan fingerprint density at radius 3 is 2.18 bits per heavy atom. The minimum atomic E-state index is -0.346. The Morgan fingerprint density at radius 2 is 1.61 bits per heavy atom. The zero-order valence-corrected chi connectivity index (χ0v) is 17.7. The lowest BCUT2D eigenvalue weighted by atomic mass is 9.54. The number of hydrogen-bond acceptors (Lipinski definition) is 3. The predicted molar refractivity (Wildman–Crippen MR) is 109 cm³/mol. The van der Waals surface area contributed by atoms with Gasteiger partial charge in [-0.2, -0.15) is 0 Å². The van der Waals surface area contributed by atoms with Crippen LogP contribution in [0.2, 0.25) is 0 Å². The second-order valence-corrected chi connectivity index (χ2v) is 10.8. The Kier molecular flexibility index (Phi) is 5.89. The maximum atomic E-state index is 13.0. The summed E-state index contributed by atoms with van der Waals surface area (Å²) in [4.78, 5) is 25.0. The highest BCUT2D eigenvalue weighted by molar-refractivity contribution is 5.77. The molecule has 5 saturated carbocycles. The summed E-state index contributed by atoms with van der Waals surface area (Å²) >= 11 is 0. The summed E-state index contributed by atoms with van der Waals surface area (Å²) in [6, 6.07) is 0.397. The van der Waals surface area contributed by atoms with Gasteiger partial charge in [-0.3, -0.25) is 4.79 Å². The fourth-order valence-corrected chi connectivity index (χ4v) is 6.79. The second kappa shape index (κ2) is 8.23. The van der Waals surface area contributed by atoms with Gasteiger partial charge in [0.05, 0.1) is 6.61 Å². The van der Waals surface area contributed by atoms with Gasteiger partial charge >= 0.3 is 6.09 Å². The van der Waals surface area contributed by atoms with Crippen LogP contribution in [0.3, 0.4) is 0 Å². The number of carbonyl (C=O) groups is 2. The molecule has 5 aliphatic carbocycles. The summed E-state index contributed by atoms with van der Waals surface area (Å²) in [5, 5.41) is 6.26. The van der Waals surface area contributed by atoms with E-state index in [1.54, 1.807) is 0 Å². The summed E-state index contributed by atoms with van der Waals surface area (Å²) < 4.78 is 5.53. The largest absolute Gasteiger partial charge is 0.449 e. The molecule has 4 bridgehead atoms. The molecule has 5 rings (SSSR count). The van der Waals surface area contributed by atoms with E-state index in [1.165, 1.54) is 32.1 Å². The molecule has 0 unspecified atom stereocenters. The van der Waals surface area contributed by atoms with E-state index in [4.69, 9.17) is 4.74 Å². The molecule has 5 nitrogen and oxygen atoms in total. The average molecular weight is 391 g/mol. The van der Waals surface area contributed by atoms with Crippen LogP contribution in [0.25, 0.3) is 0 Å². The Labute approximate surface area is 169 Å². The van der Waals surface area contributed by atoms with Gasteiger partial charge in [0.25, 0.3) is 0 Å². The molecule has 5 fully saturated rings. The lowest BCUT2D eigenvalue weighted by Gasteiger charge is -2.54. The number of carbonyl (C=O) groups excluding carboxylic acids is 2. The highest BCUT2D eigenvalue weighted by atomic mass is 16.5. The van der Waals surface area contributed by atoms with E-state index in [0.717, 1.165) is 37.5 Å². The molecule has 0 atom stereocenters. The molecule has 5 aliphatic rings. The molecule has 0 aromatic rings. The van der Waals surface area contributed by atoms with Crippen molar-refractivity contribution in [1.29, 1.82) is 0 Å². The molecule has 0 radical (unpaired) electrons. The molecule has 5 heteroatoms. The molecule has 2 N–H and O–H groups in total. The van der Waals surface area contributed by atoms with Gasteiger partial charge in [-0.05, 0) is 74.5 Å². The van der Waals surface area contributed by atoms with Gasteiger partial charge in [0.1, 0.15) is 0 Å². The summed E-state index contributed by atoms with van der Waals surface area (Å²) in [5.74, 6) is 3.85. The fraction of sp³-hybridized carbons (Fsp3) is 0.913. The van der Waals surface area contributed by atoms with Crippen LogP contribution in [-0.4, -0.2) is 31.2 Å². The monoisotopic (exact) mass is 390 g/mol. The zero-order valence-electron chi connectivity index (χ0n) is 17.7. The van der Waals surface area contributed by atoms with E-state index in [2.05, 4.69) is 24.5 Å². The molecule has 158 valence electrons. The quantitative estimate of drug-likeness (QED) is 0.682. The number of rotatable bonds is 7. The summed E-state index contributed by atoms with van der Waals surface area (Å²) in [7, 11) is 0. The number of hydrogen-bond donors (Lipinski definition) is 2. The third-order valence-electron chi connectivity index (χ3n) is 7.92. The van der Waals surface area contributed by atoms with Crippen LogP contribution in [0, 0.1) is 35.0 Å². The molecule has 0 aliphatic heterocycles. The van der Waals surface area contributed by atoms with Crippen molar-refractivity contribution < 1.29 is 14.3 Å². The third-order valence-corrected chi connectivity index (χ3v) is 7.92. The molecule has 0 aromatic carbocycles. The van der Waals surface area contributed by atoms with Gasteiger partial charge in [-0.15, -0.1) is 0 Å². The van der Waals surface area contributed by atoms with E-state index in [1.807, 2.05) is 0 Å². The highest BCUT2D eigenvalue weighted by Gasteiger charge is 2.49. The Hall–Kier alpha value is -1.26. The van der Waals surface area contributed by atoms with Gasteiger partial charge in [-0.25, -0.2) is 4.79 Å². The molecule has 28 heavy (non-hydrogen) atoms. The zero-order chi connectivity index (χ0) is 19.7. The predicted octanol–water partition coefficient (Wildman–Crippen LogP) is 4.26. The van der Waals surface area contributed by atoms with Crippen molar-refractivity contribution in [2.75, 3.05) is 13.2 Å². The topological polar surface area (TPSA) is 67.4 Å². The lowest BCUT2D eigenvalue weighted by molar-refractivity contribution is -0.128. The Balaban J connectivity index is 1.29. The van der Waals surface area contributed by atoms with E-state index in [9.17, 15) is 9.59 Å². The first-order chi connectivity index (χ1) is 13.4. The highest BCUT2D eigenvalue weighted by Crippen LogP contribution is 2.53. The van der Waals surface area contributed by atoms with E-state index >= 15 is 0 Å². The second-order valence-electron chi connectivity index (χ2n) is 10.8. The van der Waals surface area contributed by atoms with Gasteiger partial charge < -0.3 is 15.4 Å².